The van der Waals surface area contributed by atoms with Gasteiger partial charge in [-0.2, -0.15) is 0 Å². The second kappa shape index (κ2) is 8.88. The molecule has 3 nitrogen and oxygen atoms in total. The highest BCUT2D eigenvalue weighted by Gasteiger charge is 2.42. The predicted octanol–water partition coefficient (Wildman–Crippen LogP) is 4.84. The summed E-state index contributed by atoms with van der Waals surface area (Å²) in [6.45, 7) is 12.3. The van der Waals surface area contributed by atoms with Gasteiger partial charge in [0.1, 0.15) is 5.00 Å². The Kier molecular flexibility index (Phi) is 6.79. The topological polar surface area (TPSA) is 15.7 Å². The van der Waals surface area contributed by atoms with E-state index in [4.69, 9.17) is 16.3 Å². The number of morpholine rings is 1. The van der Waals surface area contributed by atoms with E-state index in [9.17, 15) is 0 Å². The maximum Gasteiger partial charge on any atom is 0.117 e. The first-order chi connectivity index (χ1) is 12.6. The SMILES string of the molecule is CCC(C)=C(C(c1ccccc1)N1CCCC1)C(C)(Cl)N1CCOCC1. The van der Waals surface area contributed by atoms with E-state index < -0.39 is 5.00 Å². The van der Waals surface area contributed by atoms with Crippen molar-refractivity contribution in [2.75, 3.05) is 39.4 Å². The largest absolute Gasteiger partial charge is 0.379 e. The van der Waals surface area contributed by atoms with Gasteiger partial charge in [-0.25, -0.2) is 0 Å². The predicted molar refractivity (Wildman–Crippen MR) is 110 cm³/mol. The first-order valence-corrected chi connectivity index (χ1v) is 10.4. The Hall–Kier alpha value is -0.870. The van der Waals surface area contributed by atoms with Gasteiger partial charge >= 0.3 is 0 Å². The zero-order valence-electron chi connectivity index (χ0n) is 16.5. The van der Waals surface area contributed by atoms with E-state index in [1.54, 1.807) is 0 Å². The van der Waals surface area contributed by atoms with Gasteiger partial charge in [-0.15, -0.1) is 0 Å². The van der Waals surface area contributed by atoms with E-state index in [-0.39, 0.29) is 6.04 Å². The molecule has 0 aliphatic carbocycles. The van der Waals surface area contributed by atoms with Crippen LogP contribution in [0.3, 0.4) is 0 Å². The van der Waals surface area contributed by atoms with Crippen molar-refractivity contribution in [1.82, 2.24) is 9.80 Å². The summed E-state index contributed by atoms with van der Waals surface area (Å²) in [6.07, 6.45) is 3.58. The Labute approximate surface area is 164 Å². The van der Waals surface area contributed by atoms with Crippen LogP contribution in [0.25, 0.3) is 0 Å². The summed E-state index contributed by atoms with van der Waals surface area (Å²) in [5.74, 6) is 0. The number of benzene rings is 1. The molecule has 0 spiro atoms. The van der Waals surface area contributed by atoms with Crippen LogP contribution in [0.15, 0.2) is 41.5 Å². The molecule has 1 aromatic rings. The lowest BCUT2D eigenvalue weighted by Crippen LogP contribution is -2.52. The van der Waals surface area contributed by atoms with Crippen molar-refractivity contribution < 1.29 is 4.74 Å². The number of hydrogen-bond acceptors (Lipinski definition) is 3. The summed E-state index contributed by atoms with van der Waals surface area (Å²) in [4.78, 5) is 4.54. The van der Waals surface area contributed by atoms with Crippen LogP contribution in [0.4, 0.5) is 0 Å². The second-order valence-electron chi connectivity index (χ2n) is 7.66. The zero-order valence-corrected chi connectivity index (χ0v) is 17.3. The minimum Gasteiger partial charge on any atom is -0.379 e. The van der Waals surface area contributed by atoms with Crippen molar-refractivity contribution in [2.45, 2.75) is 51.1 Å². The molecule has 0 N–H and O–H groups in total. The summed E-state index contributed by atoms with van der Waals surface area (Å²) >= 11 is 7.36. The van der Waals surface area contributed by atoms with E-state index in [1.807, 2.05) is 0 Å². The maximum absolute atomic E-state index is 7.36. The van der Waals surface area contributed by atoms with Gasteiger partial charge in [0.15, 0.2) is 0 Å². The molecule has 0 bridgehead atoms. The smallest absolute Gasteiger partial charge is 0.117 e. The normalized spacial score (nSPS) is 24.2. The van der Waals surface area contributed by atoms with Gasteiger partial charge in [-0.3, -0.25) is 9.80 Å². The lowest BCUT2D eigenvalue weighted by Gasteiger charge is -2.45. The number of rotatable bonds is 6. The maximum atomic E-state index is 7.36. The molecule has 1 aromatic carbocycles. The molecule has 2 aliphatic rings. The van der Waals surface area contributed by atoms with Crippen molar-refractivity contribution in [3.05, 3.63) is 47.0 Å². The third kappa shape index (κ3) is 4.17. The van der Waals surface area contributed by atoms with Crippen molar-refractivity contribution >= 4 is 11.6 Å². The monoisotopic (exact) mass is 376 g/mol. The van der Waals surface area contributed by atoms with Gasteiger partial charge in [0.05, 0.1) is 19.3 Å². The molecule has 144 valence electrons. The minimum absolute atomic E-state index is 0.254. The molecule has 2 aliphatic heterocycles. The molecule has 4 heteroatoms. The zero-order chi connectivity index (χ0) is 18.6. The number of nitrogens with zero attached hydrogens (tertiary/aromatic N) is 2. The minimum atomic E-state index is -0.493. The highest BCUT2D eigenvalue weighted by Crippen LogP contribution is 2.44. The summed E-state index contributed by atoms with van der Waals surface area (Å²) in [7, 11) is 0. The van der Waals surface area contributed by atoms with E-state index in [0.717, 1.165) is 45.8 Å². The molecule has 2 fully saturated rings. The first kappa shape index (κ1) is 19.9. The summed E-state index contributed by atoms with van der Waals surface area (Å²) in [6, 6.07) is 11.2. The molecule has 2 saturated heterocycles. The van der Waals surface area contributed by atoms with Crippen LogP contribution in [0.5, 0.6) is 0 Å². The molecular formula is C22H33ClN2O. The third-order valence-electron chi connectivity index (χ3n) is 5.98. The fourth-order valence-electron chi connectivity index (χ4n) is 4.41. The van der Waals surface area contributed by atoms with E-state index in [2.05, 4.69) is 60.9 Å². The summed E-state index contributed by atoms with van der Waals surface area (Å²) in [5, 5.41) is 0. The van der Waals surface area contributed by atoms with Crippen LogP contribution < -0.4 is 0 Å². The van der Waals surface area contributed by atoms with E-state index >= 15 is 0 Å². The lowest BCUT2D eigenvalue weighted by atomic mass is 9.86. The molecule has 2 heterocycles. The molecular weight excluding hydrogens is 344 g/mol. The fraction of sp³-hybridized carbons (Fsp3) is 0.636. The van der Waals surface area contributed by atoms with Crippen molar-refractivity contribution in [3.63, 3.8) is 0 Å². The molecule has 0 radical (unpaired) electrons. The van der Waals surface area contributed by atoms with Crippen LogP contribution in [0.2, 0.25) is 0 Å². The van der Waals surface area contributed by atoms with Gasteiger partial charge in [-0.05, 0) is 57.3 Å². The van der Waals surface area contributed by atoms with Crippen LogP contribution in [-0.4, -0.2) is 54.2 Å². The second-order valence-corrected chi connectivity index (χ2v) is 8.39. The molecule has 0 saturated carbocycles. The van der Waals surface area contributed by atoms with E-state index in [1.165, 1.54) is 29.6 Å². The fourth-order valence-corrected chi connectivity index (χ4v) is 4.85. The molecule has 2 unspecified atom stereocenters. The van der Waals surface area contributed by atoms with Crippen LogP contribution >= 0.6 is 11.6 Å². The van der Waals surface area contributed by atoms with Gasteiger partial charge in [0.25, 0.3) is 0 Å². The van der Waals surface area contributed by atoms with Crippen molar-refractivity contribution in [1.29, 1.82) is 0 Å². The Morgan fingerprint density at radius 3 is 2.31 bits per heavy atom. The summed E-state index contributed by atoms with van der Waals surface area (Å²) in [5.41, 5.74) is 4.14. The van der Waals surface area contributed by atoms with Crippen LogP contribution in [0, 0.1) is 0 Å². The number of likely N-dealkylation sites (tertiary alicyclic amines) is 1. The number of hydrogen-bond donors (Lipinski definition) is 0. The quantitative estimate of drug-likeness (QED) is 0.401. The molecule has 2 atom stereocenters. The molecule has 3 rings (SSSR count). The highest BCUT2D eigenvalue weighted by atomic mass is 35.5. The molecule has 26 heavy (non-hydrogen) atoms. The number of halogens is 1. The Morgan fingerprint density at radius 1 is 1.12 bits per heavy atom. The van der Waals surface area contributed by atoms with Crippen molar-refractivity contribution in [2.24, 2.45) is 0 Å². The Bertz CT molecular complexity index is 602. The Balaban J connectivity index is 2.06. The number of alkyl halides is 1. The Morgan fingerprint density at radius 2 is 1.73 bits per heavy atom. The van der Waals surface area contributed by atoms with Crippen molar-refractivity contribution in [3.8, 4) is 0 Å². The average Bonchev–Trinajstić information content (AvgIpc) is 3.21. The van der Waals surface area contributed by atoms with Crippen LogP contribution in [-0.2, 0) is 4.74 Å². The first-order valence-electron chi connectivity index (χ1n) is 10.1. The molecule has 0 amide bonds. The standard InChI is InChI=1S/C22H33ClN2O/c1-4-18(2)20(22(3,23)25-14-16-26-17-15-25)21(24-12-8-9-13-24)19-10-6-5-7-11-19/h5-7,10-11,21H,4,8-9,12-17H2,1-3H3. The summed E-state index contributed by atoms with van der Waals surface area (Å²) < 4.78 is 5.58. The highest BCUT2D eigenvalue weighted by molar-refractivity contribution is 6.25. The number of ether oxygens (including phenoxy) is 1. The molecule has 0 aromatic heterocycles. The van der Waals surface area contributed by atoms with Gasteiger partial charge < -0.3 is 4.74 Å². The average molecular weight is 377 g/mol. The number of allylic oxidation sites excluding steroid dienone is 1. The van der Waals surface area contributed by atoms with Gasteiger partial charge in [0, 0.05) is 13.1 Å². The third-order valence-corrected chi connectivity index (χ3v) is 6.42. The van der Waals surface area contributed by atoms with Gasteiger partial charge in [-0.1, -0.05) is 54.4 Å². The lowest BCUT2D eigenvalue weighted by molar-refractivity contribution is 0.0141. The van der Waals surface area contributed by atoms with E-state index in [0.29, 0.717) is 0 Å². The van der Waals surface area contributed by atoms with Gasteiger partial charge in [0.2, 0.25) is 0 Å². The van der Waals surface area contributed by atoms with Crippen LogP contribution in [0.1, 0.15) is 51.6 Å².